The van der Waals surface area contributed by atoms with Gasteiger partial charge < -0.3 is 5.11 Å². The third-order valence-corrected chi connectivity index (χ3v) is 4.05. The second kappa shape index (κ2) is 4.37. The molecule has 14 heavy (non-hydrogen) atoms. The number of aryl methyl sites for hydroxylation is 1. The minimum Gasteiger partial charge on any atom is -0.396 e. The maximum absolute atomic E-state index is 9.18. The van der Waals surface area contributed by atoms with Gasteiger partial charge in [0.1, 0.15) is 0 Å². The molecule has 2 rings (SSSR count). The van der Waals surface area contributed by atoms with Crippen LogP contribution in [0.1, 0.15) is 30.4 Å². The van der Waals surface area contributed by atoms with Gasteiger partial charge in [-0.05, 0) is 29.7 Å². The second-order valence-electron chi connectivity index (χ2n) is 3.87. The first-order valence-corrected chi connectivity index (χ1v) is 6.17. The summed E-state index contributed by atoms with van der Waals surface area (Å²) in [7, 11) is 0. The lowest BCUT2D eigenvalue weighted by atomic mass is 9.98. The Kier molecular flexibility index (Phi) is 3.14. The molecule has 1 aliphatic rings. The lowest BCUT2D eigenvalue weighted by Crippen LogP contribution is -2.06. The Hall–Kier alpha value is -0.470. The van der Waals surface area contributed by atoms with Gasteiger partial charge >= 0.3 is 0 Å². The van der Waals surface area contributed by atoms with Crippen molar-refractivity contribution in [3.63, 3.8) is 0 Å². The van der Waals surface area contributed by atoms with Crippen molar-refractivity contribution in [3.05, 3.63) is 29.3 Å². The molecule has 0 saturated carbocycles. The monoisotopic (exact) mass is 208 g/mol. The van der Waals surface area contributed by atoms with Crippen LogP contribution < -0.4 is 0 Å². The zero-order valence-corrected chi connectivity index (χ0v) is 9.31. The van der Waals surface area contributed by atoms with Crippen LogP contribution in [0.4, 0.5) is 0 Å². The Morgan fingerprint density at radius 1 is 1.50 bits per heavy atom. The van der Waals surface area contributed by atoms with E-state index in [-0.39, 0.29) is 12.5 Å². The molecule has 1 nitrogen and oxygen atoms in total. The average molecular weight is 208 g/mol. The summed E-state index contributed by atoms with van der Waals surface area (Å²) in [5.41, 5.74) is 2.80. The molecule has 1 aromatic rings. The predicted molar refractivity (Wildman–Crippen MR) is 61.0 cm³/mol. The van der Waals surface area contributed by atoms with E-state index in [9.17, 15) is 5.11 Å². The van der Waals surface area contributed by atoms with Crippen LogP contribution in [0.3, 0.4) is 0 Å². The van der Waals surface area contributed by atoms with E-state index in [2.05, 4.69) is 25.1 Å². The first-order valence-electron chi connectivity index (χ1n) is 5.18. The first-order chi connectivity index (χ1) is 6.83. The number of rotatable bonds is 2. The summed E-state index contributed by atoms with van der Waals surface area (Å²) < 4.78 is 0. The van der Waals surface area contributed by atoms with Gasteiger partial charge in [0.05, 0.1) is 0 Å². The van der Waals surface area contributed by atoms with E-state index in [0.29, 0.717) is 0 Å². The van der Waals surface area contributed by atoms with Crippen LogP contribution in [0.5, 0.6) is 0 Å². The molecule has 1 aliphatic heterocycles. The van der Waals surface area contributed by atoms with E-state index in [4.69, 9.17) is 0 Å². The Morgan fingerprint density at radius 3 is 3.14 bits per heavy atom. The minimum atomic E-state index is 0.247. The highest BCUT2D eigenvalue weighted by atomic mass is 32.2. The molecule has 0 aromatic heterocycles. The largest absolute Gasteiger partial charge is 0.396 e. The van der Waals surface area contributed by atoms with Gasteiger partial charge in [-0.25, -0.2) is 0 Å². The third kappa shape index (κ3) is 1.82. The highest BCUT2D eigenvalue weighted by molar-refractivity contribution is 7.99. The predicted octanol–water partition coefficient (Wildman–Crippen LogP) is 2.82. The van der Waals surface area contributed by atoms with E-state index in [0.717, 1.165) is 0 Å². The minimum absolute atomic E-state index is 0.247. The van der Waals surface area contributed by atoms with Gasteiger partial charge in [0.2, 0.25) is 0 Å². The number of thioether (sulfide) groups is 1. The quantitative estimate of drug-likeness (QED) is 0.806. The van der Waals surface area contributed by atoms with Crippen LogP contribution in [0.2, 0.25) is 0 Å². The van der Waals surface area contributed by atoms with Crippen LogP contribution in [-0.2, 0) is 6.42 Å². The van der Waals surface area contributed by atoms with Crippen LogP contribution in [0.25, 0.3) is 0 Å². The molecule has 76 valence electrons. The summed E-state index contributed by atoms with van der Waals surface area (Å²) in [5.74, 6) is 1.50. The molecule has 0 fully saturated rings. The molecule has 1 heterocycles. The molecule has 1 N–H and O–H groups in total. The van der Waals surface area contributed by atoms with Crippen molar-refractivity contribution < 1.29 is 5.11 Å². The lowest BCUT2D eigenvalue weighted by Gasteiger charge is -2.21. The molecular formula is C12H16OS. The summed E-state index contributed by atoms with van der Waals surface area (Å²) in [4.78, 5) is 1.43. The van der Waals surface area contributed by atoms with Crippen molar-refractivity contribution in [1.82, 2.24) is 0 Å². The highest BCUT2D eigenvalue weighted by Crippen LogP contribution is 2.36. The maximum Gasteiger partial charge on any atom is 0.0497 e. The Morgan fingerprint density at radius 2 is 2.36 bits per heavy atom. The molecular weight excluding hydrogens is 192 g/mol. The van der Waals surface area contributed by atoms with E-state index in [1.165, 1.54) is 34.6 Å². The Labute approximate surface area is 89.5 Å². The SMILES string of the molecule is CC(CO)c1cccc2c1SCCC2. The van der Waals surface area contributed by atoms with Gasteiger partial charge in [0, 0.05) is 17.4 Å². The topological polar surface area (TPSA) is 20.2 Å². The van der Waals surface area contributed by atoms with Crippen molar-refractivity contribution in [2.24, 2.45) is 0 Å². The summed E-state index contributed by atoms with van der Waals surface area (Å²) in [5, 5.41) is 9.18. The van der Waals surface area contributed by atoms with Gasteiger partial charge in [0.15, 0.2) is 0 Å². The van der Waals surface area contributed by atoms with Crippen molar-refractivity contribution in [2.45, 2.75) is 30.6 Å². The van der Waals surface area contributed by atoms with Gasteiger partial charge in [-0.1, -0.05) is 25.1 Å². The zero-order valence-electron chi connectivity index (χ0n) is 8.49. The van der Waals surface area contributed by atoms with E-state index >= 15 is 0 Å². The number of benzene rings is 1. The van der Waals surface area contributed by atoms with Crippen LogP contribution in [0, 0.1) is 0 Å². The fraction of sp³-hybridized carbons (Fsp3) is 0.500. The summed E-state index contributed by atoms with van der Waals surface area (Å²) in [6.45, 7) is 2.34. The standard InChI is InChI=1S/C12H16OS/c1-9(8-13)11-6-2-4-10-5-3-7-14-12(10)11/h2,4,6,9,13H,3,5,7-8H2,1H3. The molecule has 0 aliphatic carbocycles. The molecule has 0 amide bonds. The molecule has 1 aromatic carbocycles. The fourth-order valence-electron chi connectivity index (χ4n) is 1.90. The van der Waals surface area contributed by atoms with Gasteiger partial charge in [-0.3, -0.25) is 0 Å². The molecule has 1 unspecified atom stereocenters. The Balaban J connectivity index is 2.39. The number of hydrogen-bond acceptors (Lipinski definition) is 2. The molecule has 0 saturated heterocycles. The first kappa shape index (κ1) is 10.1. The van der Waals surface area contributed by atoms with E-state index < -0.39 is 0 Å². The number of aliphatic hydroxyl groups excluding tert-OH is 1. The average Bonchev–Trinajstić information content (AvgIpc) is 2.27. The maximum atomic E-state index is 9.18. The normalized spacial score (nSPS) is 17.6. The second-order valence-corrected chi connectivity index (χ2v) is 4.98. The number of fused-ring (bicyclic) bond motifs is 1. The van der Waals surface area contributed by atoms with Gasteiger partial charge in [-0.2, -0.15) is 0 Å². The molecule has 0 radical (unpaired) electrons. The summed E-state index contributed by atoms with van der Waals surface area (Å²) in [6.07, 6.45) is 2.49. The summed E-state index contributed by atoms with van der Waals surface area (Å²) in [6, 6.07) is 6.49. The van der Waals surface area contributed by atoms with E-state index in [1.807, 2.05) is 11.8 Å². The molecule has 0 spiro atoms. The van der Waals surface area contributed by atoms with Crippen LogP contribution in [0.15, 0.2) is 23.1 Å². The zero-order chi connectivity index (χ0) is 9.97. The van der Waals surface area contributed by atoms with E-state index in [1.54, 1.807) is 0 Å². The van der Waals surface area contributed by atoms with Crippen molar-refractivity contribution >= 4 is 11.8 Å². The molecule has 0 bridgehead atoms. The molecule has 2 heteroatoms. The Bertz CT molecular complexity index is 322. The highest BCUT2D eigenvalue weighted by Gasteiger charge is 2.16. The number of hydrogen-bond donors (Lipinski definition) is 1. The molecule has 1 atom stereocenters. The number of aliphatic hydroxyl groups is 1. The smallest absolute Gasteiger partial charge is 0.0497 e. The van der Waals surface area contributed by atoms with Crippen molar-refractivity contribution in [2.75, 3.05) is 12.4 Å². The van der Waals surface area contributed by atoms with Crippen molar-refractivity contribution in [3.8, 4) is 0 Å². The lowest BCUT2D eigenvalue weighted by molar-refractivity contribution is 0.272. The third-order valence-electron chi connectivity index (χ3n) is 2.77. The van der Waals surface area contributed by atoms with Crippen molar-refractivity contribution in [1.29, 1.82) is 0 Å². The van der Waals surface area contributed by atoms with Gasteiger partial charge in [0.25, 0.3) is 0 Å². The van der Waals surface area contributed by atoms with Crippen LogP contribution >= 0.6 is 11.8 Å². The fourth-order valence-corrected chi connectivity index (χ4v) is 3.19. The van der Waals surface area contributed by atoms with Crippen LogP contribution in [-0.4, -0.2) is 17.5 Å². The summed E-state index contributed by atoms with van der Waals surface area (Å²) >= 11 is 1.95. The van der Waals surface area contributed by atoms with Gasteiger partial charge in [-0.15, -0.1) is 11.8 Å².